The summed E-state index contributed by atoms with van der Waals surface area (Å²) in [7, 11) is -3.30. The number of aryl methyl sites for hydroxylation is 1. The van der Waals surface area contributed by atoms with Gasteiger partial charge in [0.25, 0.3) is 0 Å². The van der Waals surface area contributed by atoms with E-state index >= 15 is 0 Å². The molecule has 1 aliphatic heterocycles. The van der Waals surface area contributed by atoms with Gasteiger partial charge < -0.3 is 5.43 Å². The number of alkyl halides is 3. The van der Waals surface area contributed by atoms with Gasteiger partial charge in [-0.3, -0.25) is 14.7 Å². The molecular formula is C30H30F4N6O2S. The van der Waals surface area contributed by atoms with E-state index in [0.29, 0.717) is 18.5 Å². The molecule has 13 heteroatoms. The third-order valence-corrected chi connectivity index (χ3v) is 10.1. The predicted molar refractivity (Wildman–Crippen MR) is 152 cm³/mol. The average Bonchev–Trinajstić information content (AvgIpc) is 3.69. The minimum Gasteiger partial charge on any atom is -0.301 e. The smallest absolute Gasteiger partial charge is 0.301 e. The Morgan fingerprint density at radius 1 is 1.14 bits per heavy atom. The number of hydrogen-bond acceptors (Lipinski definition) is 6. The summed E-state index contributed by atoms with van der Waals surface area (Å²) in [4.78, 5) is 3.42. The second kappa shape index (κ2) is 10.9. The van der Waals surface area contributed by atoms with E-state index in [0.717, 1.165) is 43.3 Å². The van der Waals surface area contributed by atoms with Crippen molar-refractivity contribution in [1.82, 2.24) is 24.5 Å². The van der Waals surface area contributed by atoms with Gasteiger partial charge in [-0.1, -0.05) is 18.6 Å². The van der Waals surface area contributed by atoms with Gasteiger partial charge in [0.15, 0.2) is 5.69 Å². The van der Waals surface area contributed by atoms with Gasteiger partial charge >= 0.3 is 6.18 Å². The van der Waals surface area contributed by atoms with Crippen molar-refractivity contribution in [2.24, 2.45) is 18.9 Å². The first kappa shape index (κ1) is 29.1. The van der Waals surface area contributed by atoms with Crippen LogP contribution < -0.4 is 10.4 Å². The molecule has 1 N–H and O–H groups in total. The predicted octanol–water partition coefficient (Wildman–Crippen LogP) is 5.36. The van der Waals surface area contributed by atoms with Crippen molar-refractivity contribution in [2.75, 3.05) is 18.1 Å². The minimum atomic E-state index is -4.93. The van der Waals surface area contributed by atoms with E-state index in [2.05, 4.69) is 28.5 Å². The Kier molecular flexibility index (Phi) is 7.41. The molecular weight excluding hydrogens is 584 g/mol. The topological polar surface area (TPSA) is 83.4 Å². The number of pyridine rings is 1. The largest absolute Gasteiger partial charge is 0.436 e. The van der Waals surface area contributed by atoms with Crippen LogP contribution in [0.3, 0.4) is 0 Å². The van der Waals surface area contributed by atoms with Crippen molar-refractivity contribution >= 4 is 15.7 Å². The van der Waals surface area contributed by atoms with Gasteiger partial charge in [-0.15, -0.1) is 0 Å². The van der Waals surface area contributed by atoms with E-state index in [9.17, 15) is 26.0 Å². The summed E-state index contributed by atoms with van der Waals surface area (Å²) < 4.78 is 85.0. The van der Waals surface area contributed by atoms with Crippen molar-refractivity contribution in [2.45, 2.75) is 37.3 Å². The number of hydrazine groups is 1. The van der Waals surface area contributed by atoms with Crippen LogP contribution in [0.4, 0.5) is 23.2 Å². The summed E-state index contributed by atoms with van der Waals surface area (Å²) in [6.45, 7) is 2.04. The fourth-order valence-corrected chi connectivity index (χ4v) is 7.91. The first-order chi connectivity index (χ1) is 20.4. The van der Waals surface area contributed by atoms with Gasteiger partial charge in [-0.25, -0.2) is 12.8 Å². The zero-order valence-corrected chi connectivity index (χ0v) is 24.3. The van der Waals surface area contributed by atoms with Gasteiger partial charge in [0.2, 0.25) is 10.0 Å². The number of aromatic nitrogens is 3. The van der Waals surface area contributed by atoms with Crippen LogP contribution in [0.25, 0.3) is 0 Å². The maximum atomic E-state index is 13.9. The van der Waals surface area contributed by atoms with Crippen LogP contribution in [0.15, 0.2) is 94.4 Å². The van der Waals surface area contributed by atoms with Gasteiger partial charge in [0.05, 0.1) is 11.4 Å². The van der Waals surface area contributed by atoms with Crippen LogP contribution in [-0.2, 0) is 29.7 Å². The van der Waals surface area contributed by atoms with Crippen LogP contribution in [0.5, 0.6) is 0 Å². The molecule has 0 bridgehead atoms. The van der Waals surface area contributed by atoms with Crippen molar-refractivity contribution in [3.05, 3.63) is 107 Å². The number of allylic oxidation sites excluding steroid dienone is 3. The number of nitrogens with one attached hydrogen (secondary N) is 1. The Balaban J connectivity index is 1.33. The molecule has 2 aromatic heterocycles. The Hall–Kier alpha value is -3.97. The second-order valence-corrected chi connectivity index (χ2v) is 12.9. The van der Waals surface area contributed by atoms with Crippen molar-refractivity contribution in [3.8, 4) is 0 Å². The summed E-state index contributed by atoms with van der Waals surface area (Å²) in [6.07, 6.45) is 3.14. The van der Waals surface area contributed by atoms with E-state index < -0.39 is 26.8 Å². The third kappa shape index (κ3) is 5.47. The number of sulfonamides is 1. The van der Waals surface area contributed by atoms with E-state index in [-0.39, 0.29) is 37.2 Å². The number of nitrogens with zero attached hydrogens (tertiary/aromatic N) is 5. The van der Waals surface area contributed by atoms with E-state index in [1.54, 1.807) is 36.5 Å². The van der Waals surface area contributed by atoms with Crippen LogP contribution in [-0.4, -0.2) is 40.6 Å². The molecule has 0 saturated heterocycles. The first-order valence-electron chi connectivity index (χ1n) is 13.9. The molecule has 226 valence electrons. The minimum absolute atomic E-state index is 0.0239. The van der Waals surface area contributed by atoms with E-state index in [1.165, 1.54) is 19.2 Å². The Bertz CT molecular complexity index is 1730. The van der Waals surface area contributed by atoms with Crippen molar-refractivity contribution in [1.29, 1.82) is 0 Å². The highest BCUT2D eigenvalue weighted by atomic mass is 32.2. The Labute approximate surface area is 247 Å². The van der Waals surface area contributed by atoms with Crippen LogP contribution in [0.2, 0.25) is 0 Å². The van der Waals surface area contributed by atoms with Crippen LogP contribution in [0.1, 0.15) is 31.2 Å². The van der Waals surface area contributed by atoms with Crippen LogP contribution >= 0.6 is 0 Å². The summed E-state index contributed by atoms with van der Waals surface area (Å²) in [5, 5.41) is 5.33. The molecule has 0 radical (unpaired) electrons. The SMILES string of the molecule is C[C@H]1C2=CNN(c3ccc(F)cc3)C2=CC2=C1[C@@H](CN(CCc1ccccn1)S(=O)(=O)c1cn(C)nc1C(F)(F)F)CC2. The standard InChI is InChI=1S/C30H30F4N6O2S/c1-19-25-16-36-40(24-10-8-22(31)9-11-24)26(25)15-20-6-7-21(28(19)20)17-39(14-12-23-5-3-4-13-35-23)43(41,42)27-18-38(2)37-29(27)30(32,33)34/h3-5,8-11,13,15-16,18-19,21,36H,6-7,12,14,17H2,1-2H3/t19-,21+/m0/s1. The number of hydrogen-bond donors (Lipinski definition) is 1. The quantitative estimate of drug-likeness (QED) is 0.345. The second-order valence-electron chi connectivity index (χ2n) is 11.0. The fraction of sp³-hybridized carbons (Fsp3) is 0.333. The molecule has 3 heterocycles. The maximum absolute atomic E-state index is 13.9. The molecule has 6 rings (SSSR count). The molecule has 8 nitrogen and oxygen atoms in total. The monoisotopic (exact) mass is 614 g/mol. The molecule has 0 spiro atoms. The van der Waals surface area contributed by atoms with E-state index in [4.69, 9.17) is 0 Å². The molecule has 2 aliphatic carbocycles. The highest BCUT2D eigenvalue weighted by Crippen LogP contribution is 2.48. The van der Waals surface area contributed by atoms with Crippen molar-refractivity contribution in [3.63, 3.8) is 0 Å². The molecule has 2 atom stereocenters. The number of halogens is 4. The van der Waals surface area contributed by atoms with E-state index in [1.807, 2.05) is 11.2 Å². The van der Waals surface area contributed by atoms with Gasteiger partial charge in [-0.05, 0) is 66.8 Å². The van der Waals surface area contributed by atoms with Gasteiger partial charge in [-0.2, -0.15) is 22.6 Å². The first-order valence-corrected chi connectivity index (χ1v) is 15.4. The maximum Gasteiger partial charge on any atom is 0.436 e. The van der Waals surface area contributed by atoms with Gasteiger partial charge in [0.1, 0.15) is 10.7 Å². The average molecular weight is 615 g/mol. The molecule has 43 heavy (non-hydrogen) atoms. The highest BCUT2D eigenvalue weighted by molar-refractivity contribution is 7.89. The molecule has 0 fully saturated rings. The molecule has 0 unspecified atom stereocenters. The molecule has 1 aromatic carbocycles. The number of anilines is 1. The summed E-state index contributed by atoms with van der Waals surface area (Å²) >= 11 is 0. The number of fused-ring (bicyclic) bond motifs is 1. The zero-order valence-electron chi connectivity index (χ0n) is 23.5. The summed E-state index contributed by atoms with van der Waals surface area (Å²) in [6, 6.07) is 11.4. The lowest BCUT2D eigenvalue weighted by Gasteiger charge is -2.32. The number of rotatable bonds is 8. The highest BCUT2D eigenvalue weighted by Gasteiger charge is 2.44. The molecule has 0 saturated carbocycles. The summed E-state index contributed by atoms with van der Waals surface area (Å²) in [5.41, 5.74) is 7.33. The lowest BCUT2D eigenvalue weighted by atomic mass is 9.80. The molecule has 3 aromatic rings. The third-order valence-electron chi connectivity index (χ3n) is 8.24. The Morgan fingerprint density at radius 3 is 2.60 bits per heavy atom. The van der Waals surface area contributed by atoms with Gasteiger partial charge in [0, 0.05) is 62.3 Å². The number of benzene rings is 1. The summed E-state index contributed by atoms with van der Waals surface area (Å²) in [5.74, 6) is -0.597. The van der Waals surface area contributed by atoms with Crippen molar-refractivity contribution < 1.29 is 26.0 Å². The lowest BCUT2D eigenvalue weighted by Crippen LogP contribution is -2.38. The van der Waals surface area contributed by atoms with Crippen LogP contribution in [0, 0.1) is 17.7 Å². The fourth-order valence-electron chi connectivity index (χ4n) is 6.24. The molecule has 0 amide bonds. The zero-order chi connectivity index (χ0) is 30.5. The molecule has 3 aliphatic rings. The Morgan fingerprint density at radius 2 is 1.91 bits per heavy atom. The normalized spacial score (nSPS) is 20.2. The lowest BCUT2D eigenvalue weighted by molar-refractivity contribution is -0.143.